The largest absolute Gasteiger partial charge is 0.501 e. The van der Waals surface area contributed by atoms with Gasteiger partial charge in [-0.15, -0.1) is 0 Å². The number of hydrogen-bond acceptors (Lipinski definition) is 7. The predicted octanol–water partition coefficient (Wildman–Crippen LogP) is 3.78. The van der Waals surface area contributed by atoms with Crippen molar-refractivity contribution in [3.05, 3.63) is 105 Å². The van der Waals surface area contributed by atoms with Gasteiger partial charge in [-0.3, -0.25) is 14.2 Å². The van der Waals surface area contributed by atoms with E-state index in [1.54, 1.807) is 18.0 Å². The monoisotopic (exact) mass is 464 g/mol. The van der Waals surface area contributed by atoms with Crippen LogP contribution < -0.4 is 10.5 Å². The molecule has 8 nitrogen and oxygen atoms in total. The molecule has 33 heavy (non-hydrogen) atoms. The second-order valence-corrected chi connectivity index (χ2v) is 7.96. The molecule has 4 aromatic rings. The van der Waals surface area contributed by atoms with Gasteiger partial charge in [-0.1, -0.05) is 65.3 Å². The molecule has 1 N–H and O–H groups in total. The van der Waals surface area contributed by atoms with Crippen LogP contribution in [0.4, 0.5) is 5.95 Å². The Kier molecular flexibility index (Phi) is 6.28. The Morgan fingerprint density at radius 1 is 1.18 bits per heavy atom. The number of nitrogens with zero attached hydrogens (tertiary/aromatic N) is 4. The Morgan fingerprint density at radius 3 is 2.55 bits per heavy atom. The van der Waals surface area contributed by atoms with Crippen molar-refractivity contribution in [1.82, 2.24) is 14.7 Å². The number of halogens is 1. The number of ketones is 1. The zero-order valence-electron chi connectivity index (χ0n) is 18.0. The van der Waals surface area contributed by atoms with Crippen molar-refractivity contribution in [3.63, 3.8) is 0 Å². The average Bonchev–Trinajstić information content (AvgIpc) is 3.32. The Balaban J connectivity index is 1.83. The summed E-state index contributed by atoms with van der Waals surface area (Å²) in [7, 11) is 3.25. The van der Waals surface area contributed by atoms with Gasteiger partial charge in [0.2, 0.25) is 11.7 Å². The maximum Gasteiger partial charge on any atom is 0.297 e. The minimum Gasteiger partial charge on any atom is -0.501 e. The van der Waals surface area contributed by atoms with E-state index in [-0.39, 0.29) is 18.1 Å². The Labute approximate surface area is 194 Å². The van der Waals surface area contributed by atoms with Crippen LogP contribution in [-0.4, -0.2) is 32.6 Å². The van der Waals surface area contributed by atoms with Gasteiger partial charge in [-0.05, 0) is 17.2 Å². The molecule has 4 rings (SSSR count). The van der Waals surface area contributed by atoms with Crippen molar-refractivity contribution in [2.75, 3.05) is 11.9 Å². The zero-order chi connectivity index (χ0) is 23.5. The molecule has 0 radical (unpaired) electrons. The van der Waals surface area contributed by atoms with Crippen LogP contribution in [0.25, 0.3) is 0 Å². The summed E-state index contributed by atoms with van der Waals surface area (Å²) in [6.45, 7) is 0. The van der Waals surface area contributed by atoms with Gasteiger partial charge in [0.25, 0.3) is 5.56 Å². The van der Waals surface area contributed by atoms with E-state index in [0.717, 1.165) is 11.1 Å². The zero-order valence-corrected chi connectivity index (χ0v) is 18.7. The average molecular weight is 465 g/mol. The number of anilines is 1. The van der Waals surface area contributed by atoms with E-state index in [2.05, 4.69) is 10.1 Å². The molecule has 168 valence electrons. The maximum absolute atomic E-state index is 12.9. The van der Waals surface area contributed by atoms with Crippen molar-refractivity contribution in [3.8, 4) is 5.75 Å². The molecular weight excluding hydrogens is 444 g/mol. The lowest BCUT2D eigenvalue weighted by molar-refractivity contribution is 0.0984. The first-order valence-corrected chi connectivity index (χ1v) is 10.5. The number of rotatable bonds is 7. The van der Waals surface area contributed by atoms with Crippen LogP contribution in [0.3, 0.4) is 0 Å². The number of carbonyl (C=O) groups excluding carboxylic acids is 1. The summed E-state index contributed by atoms with van der Waals surface area (Å²) < 4.78 is 5.96. The fourth-order valence-corrected chi connectivity index (χ4v) is 3.97. The quantitative estimate of drug-likeness (QED) is 0.415. The lowest BCUT2D eigenvalue weighted by atomic mass is 9.97. The maximum atomic E-state index is 12.9. The SMILES string of the molecule is CN(c1nc(C(=O)Cc2cnoc2)c(O)c(=O)n1C)C(c1ccccc1)c1ccccc1Cl. The molecule has 0 amide bonds. The summed E-state index contributed by atoms with van der Waals surface area (Å²) in [4.78, 5) is 31.8. The van der Waals surface area contributed by atoms with Crippen LogP contribution in [-0.2, 0) is 13.5 Å². The summed E-state index contributed by atoms with van der Waals surface area (Å²) in [5.41, 5.74) is 1.17. The molecule has 1 unspecified atom stereocenters. The van der Waals surface area contributed by atoms with Crippen LogP contribution in [0.5, 0.6) is 5.75 Å². The molecule has 0 saturated carbocycles. The van der Waals surface area contributed by atoms with Crippen molar-refractivity contribution in [2.45, 2.75) is 12.5 Å². The summed E-state index contributed by atoms with van der Waals surface area (Å²) >= 11 is 6.53. The van der Waals surface area contributed by atoms with E-state index >= 15 is 0 Å². The second-order valence-electron chi connectivity index (χ2n) is 7.55. The topological polar surface area (TPSA) is 101 Å². The van der Waals surface area contributed by atoms with Crippen LogP contribution in [0, 0.1) is 0 Å². The smallest absolute Gasteiger partial charge is 0.297 e. The molecule has 2 aromatic carbocycles. The van der Waals surface area contributed by atoms with E-state index in [4.69, 9.17) is 16.1 Å². The number of aromatic nitrogens is 3. The van der Waals surface area contributed by atoms with Crippen LogP contribution in [0.15, 0.2) is 76.4 Å². The van der Waals surface area contributed by atoms with E-state index in [1.165, 1.54) is 24.1 Å². The van der Waals surface area contributed by atoms with E-state index in [1.807, 2.05) is 48.5 Å². The highest BCUT2D eigenvalue weighted by Gasteiger charge is 2.28. The molecule has 0 bridgehead atoms. The molecule has 0 aliphatic carbocycles. The summed E-state index contributed by atoms with van der Waals surface area (Å²) in [6.07, 6.45) is 2.60. The van der Waals surface area contributed by atoms with Gasteiger partial charge in [0.15, 0.2) is 11.5 Å². The Morgan fingerprint density at radius 2 is 1.88 bits per heavy atom. The molecular formula is C24H21ClN4O4. The first kappa shape index (κ1) is 22.3. The molecule has 2 heterocycles. The van der Waals surface area contributed by atoms with Gasteiger partial charge < -0.3 is 14.5 Å². The Hall–Kier alpha value is -3.91. The van der Waals surface area contributed by atoms with Crippen LogP contribution in [0.1, 0.15) is 33.2 Å². The molecule has 0 fully saturated rings. The number of benzene rings is 2. The van der Waals surface area contributed by atoms with Crippen molar-refractivity contribution in [1.29, 1.82) is 0 Å². The standard InChI is InChI=1S/C24H21ClN4O4/c1-28(21(16-8-4-3-5-9-16)17-10-6-7-11-18(17)25)24-27-20(22(31)23(32)29(24)2)19(30)12-15-13-26-33-14-15/h3-11,13-14,21,31H,12H2,1-2H3. The van der Waals surface area contributed by atoms with Gasteiger partial charge in [0.05, 0.1) is 12.2 Å². The molecule has 0 aliphatic heterocycles. The van der Waals surface area contributed by atoms with Crippen LogP contribution in [0.2, 0.25) is 5.02 Å². The molecule has 0 aliphatic rings. The lowest BCUT2D eigenvalue weighted by Gasteiger charge is -2.31. The first-order chi connectivity index (χ1) is 15.9. The van der Waals surface area contributed by atoms with Crippen LogP contribution >= 0.6 is 11.6 Å². The van der Waals surface area contributed by atoms with E-state index in [9.17, 15) is 14.7 Å². The highest BCUT2D eigenvalue weighted by molar-refractivity contribution is 6.31. The Bertz CT molecular complexity index is 1340. The molecule has 0 spiro atoms. The molecule has 2 aromatic heterocycles. The minimum atomic E-state index is -0.730. The van der Waals surface area contributed by atoms with Crippen molar-refractivity contribution in [2.24, 2.45) is 7.05 Å². The van der Waals surface area contributed by atoms with Gasteiger partial charge in [-0.25, -0.2) is 4.98 Å². The van der Waals surface area contributed by atoms with E-state index < -0.39 is 23.1 Å². The third-order valence-corrected chi connectivity index (χ3v) is 5.72. The minimum absolute atomic E-state index is 0.118. The second kappa shape index (κ2) is 9.30. The highest BCUT2D eigenvalue weighted by atomic mass is 35.5. The van der Waals surface area contributed by atoms with Gasteiger partial charge in [-0.2, -0.15) is 0 Å². The van der Waals surface area contributed by atoms with Gasteiger partial charge in [0.1, 0.15) is 6.26 Å². The first-order valence-electron chi connectivity index (χ1n) is 10.1. The number of carbonyl (C=O) groups is 1. The summed E-state index contributed by atoms with van der Waals surface area (Å²) in [5.74, 6) is -1.04. The fourth-order valence-electron chi connectivity index (χ4n) is 3.73. The summed E-state index contributed by atoms with van der Waals surface area (Å²) in [5, 5.41) is 14.5. The fraction of sp³-hybridized carbons (Fsp3) is 0.167. The normalized spacial score (nSPS) is 11.8. The number of hydrogen-bond donors (Lipinski definition) is 1. The lowest BCUT2D eigenvalue weighted by Crippen LogP contribution is -2.34. The third-order valence-electron chi connectivity index (χ3n) is 5.37. The third kappa shape index (κ3) is 4.38. The summed E-state index contributed by atoms with van der Waals surface area (Å²) in [6, 6.07) is 16.6. The molecule has 0 saturated heterocycles. The predicted molar refractivity (Wildman–Crippen MR) is 124 cm³/mol. The number of aromatic hydroxyl groups is 1. The number of Topliss-reactive ketones (excluding diaryl/α,β-unsaturated/α-hetero) is 1. The van der Waals surface area contributed by atoms with Gasteiger partial charge in [0, 0.05) is 31.1 Å². The van der Waals surface area contributed by atoms with E-state index in [0.29, 0.717) is 10.6 Å². The van der Waals surface area contributed by atoms with Crippen molar-refractivity contribution >= 4 is 23.3 Å². The van der Waals surface area contributed by atoms with Crippen molar-refractivity contribution < 1.29 is 14.4 Å². The molecule has 9 heteroatoms. The molecule has 1 atom stereocenters. The highest BCUT2D eigenvalue weighted by Crippen LogP contribution is 2.34. The van der Waals surface area contributed by atoms with Gasteiger partial charge >= 0.3 is 0 Å².